The van der Waals surface area contributed by atoms with Gasteiger partial charge in [0.15, 0.2) is 0 Å². The van der Waals surface area contributed by atoms with Crippen molar-refractivity contribution in [2.75, 3.05) is 6.61 Å². The number of halogens is 1. The molecule has 0 fully saturated rings. The lowest BCUT2D eigenvalue weighted by molar-refractivity contribution is 0.0514. The van der Waals surface area contributed by atoms with Crippen molar-refractivity contribution >= 4 is 26.7 Å². The molecule has 1 aromatic rings. The minimum atomic E-state index is -1.62. The first-order valence-corrected chi connectivity index (χ1v) is 6.80. The van der Waals surface area contributed by atoms with E-state index in [0.29, 0.717) is 28.5 Å². The van der Waals surface area contributed by atoms with Gasteiger partial charge in [-0.3, -0.25) is 0 Å². The molecular formula is C10H14ClNO3S. The maximum atomic E-state index is 11.7. The van der Waals surface area contributed by atoms with Gasteiger partial charge in [0.1, 0.15) is 15.7 Å². The van der Waals surface area contributed by atoms with E-state index in [1.54, 1.807) is 32.4 Å². The minimum Gasteiger partial charge on any atom is -0.461 e. The van der Waals surface area contributed by atoms with Crippen LogP contribution in [0, 0.1) is 13.8 Å². The fraction of sp³-hybridized carbons (Fsp3) is 0.500. The molecule has 16 heavy (non-hydrogen) atoms. The first-order valence-electron chi connectivity index (χ1n) is 4.82. The Balaban J connectivity index is 3.37. The van der Waals surface area contributed by atoms with E-state index in [4.69, 9.17) is 15.4 Å². The van der Waals surface area contributed by atoms with Gasteiger partial charge in [-0.05, 0) is 37.0 Å². The molecule has 0 amide bonds. The van der Waals surface area contributed by atoms with E-state index < -0.39 is 16.0 Å². The van der Waals surface area contributed by atoms with Gasteiger partial charge in [-0.2, -0.15) is 0 Å². The Bertz CT molecular complexity index is 453. The normalized spacial score (nSPS) is 12.6. The van der Waals surface area contributed by atoms with E-state index in [9.17, 15) is 9.00 Å². The number of carbonyl (C=O) groups excluding carboxylic acids is 1. The molecule has 0 spiro atoms. The number of nitrogens with zero attached hydrogens (tertiary/aromatic N) is 1. The molecule has 1 heterocycles. The second kappa shape index (κ2) is 5.01. The lowest BCUT2D eigenvalue weighted by atomic mass is 10.2. The van der Waals surface area contributed by atoms with Crippen LogP contribution in [-0.4, -0.2) is 21.4 Å². The topological polar surface area (TPSA) is 48.3 Å². The van der Waals surface area contributed by atoms with Gasteiger partial charge in [-0.25, -0.2) is 9.00 Å². The predicted octanol–water partition coefficient (Wildman–Crippen LogP) is 2.08. The van der Waals surface area contributed by atoms with Crippen LogP contribution in [0.4, 0.5) is 0 Å². The number of hydrogen-bond donors (Lipinski definition) is 0. The standard InChI is InChI=1S/C10H14ClNO3S/c1-5-15-10(13)8-6(2)9(16(11)14)7(3)12(8)4/h5H2,1-4H3. The van der Waals surface area contributed by atoms with Crippen molar-refractivity contribution in [1.29, 1.82) is 0 Å². The van der Waals surface area contributed by atoms with Crippen LogP contribution >= 0.6 is 10.7 Å². The average Bonchev–Trinajstić information content (AvgIpc) is 2.38. The van der Waals surface area contributed by atoms with E-state index in [1.807, 2.05) is 0 Å². The van der Waals surface area contributed by atoms with E-state index in [-0.39, 0.29) is 0 Å². The molecule has 1 rings (SSSR count). The molecule has 1 atom stereocenters. The Labute approximate surface area is 101 Å². The van der Waals surface area contributed by atoms with Gasteiger partial charge < -0.3 is 9.30 Å². The van der Waals surface area contributed by atoms with Crippen LogP contribution in [0.15, 0.2) is 4.90 Å². The molecular weight excluding hydrogens is 250 g/mol. The van der Waals surface area contributed by atoms with Gasteiger partial charge >= 0.3 is 5.97 Å². The zero-order chi connectivity index (χ0) is 12.5. The summed E-state index contributed by atoms with van der Waals surface area (Å²) >= 11 is 0. The molecule has 0 aliphatic rings. The summed E-state index contributed by atoms with van der Waals surface area (Å²) in [5.74, 6) is -0.418. The zero-order valence-corrected chi connectivity index (χ0v) is 11.2. The summed E-state index contributed by atoms with van der Waals surface area (Å²) in [5.41, 5.74) is 1.74. The summed E-state index contributed by atoms with van der Waals surface area (Å²) in [6.07, 6.45) is 0. The molecule has 0 aliphatic carbocycles. The predicted molar refractivity (Wildman–Crippen MR) is 63.1 cm³/mol. The van der Waals surface area contributed by atoms with Crippen molar-refractivity contribution in [3.05, 3.63) is 17.0 Å². The third-order valence-electron chi connectivity index (χ3n) is 2.49. The van der Waals surface area contributed by atoms with Crippen molar-refractivity contribution in [2.45, 2.75) is 25.7 Å². The molecule has 0 saturated heterocycles. The highest BCUT2D eigenvalue weighted by molar-refractivity contribution is 8.08. The summed E-state index contributed by atoms with van der Waals surface area (Å²) in [4.78, 5) is 12.2. The average molecular weight is 264 g/mol. The molecule has 1 aromatic heterocycles. The highest BCUT2D eigenvalue weighted by Gasteiger charge is 2.24. The molecule has 0 aliphatic heterocycles. The minimum absolute atomic E-state index is 0.307. The first-order chi connectivity index (χ1) is 7.41. The smallest absolute Gasteiger partial charge is 0.355 e. The Hall–Kier alpha value is -0.810. The molecule has 1 unspecified atom stereocenters. The van der Waals surface area contributed by atoms with Gasteiger partial charge in [-0.15, -0.1) is 0 Å². The number of ether oxygens (including phenoxy) is 1. The molecule has 0 aromatic carbocycles. The van der Waals surface area contributed by atoms with Crippen LogP contribution in [0.1, 0.15) is 28.7 Å². The largest absolute Gasteiger partial charge is 0.461 e. The number of hydrogen-bond acceptors (Lipinski definition) is 3. The van der Waals surface area contributed by atoms with E-state index in [1.165, 1.54) is 0 Å². The van der Waals surface area contributed by atoms with E-state index in [0.717, 1.165) is 0 Å². The molecule has 6 heteroatoms. The van der Waals surface area contributed by atoms with Gasteiger partial charge in [0.25, 0.3) is 0 Å². The Kier molecular flexibility index (Phi) is 4.15. The van der Waals surface area contributed by atoms with E-state index in [2.05, 4.69) is 0 Å². The van der Waals surface area contributed by atoms with Crippen molar-refractivity contribution in [3.8, 4) is 0 Å². The number of aromatic nitrogens is 1. The SMILES string of the molecule is CCOC(=O)c1c(C)c(S(=O)Cl)c(C)n1C. The Morgan fingerprint density at radius 1 is 1.50 bits per heavy atom. The lowest BCUT2D eigenvalue weighted by Crippen LogP contribution is -2.11. The monoisotopic (exact) mass is 263 g/mol. The van der Waals surface area contributed by atoms with Gasteiger partial charge in [0.2, 0.25) is 0 Å². The maximum Gasteiger partial charge on any atom is 0.355 e. The van der Waals surface area contributed by atoms with Gasteiger partial charge in [-0.1, -0.05) is 0 Å². The molecule has 0 saturated carbocycles. The second-order valence-electron chi connectivity index (χ2n) is 3.39. The summed E-state index contributed by atoms with van der Waals surface area (Å²) in [5, 5.41) is 0. The van der Waals surface area contributed by atoms with Crippen molar-refractivity contribution in [3.63, 3.8) is 0 Å². The van der Waals surface area contributed by atoms with Crippen LogP contribution in [0.25, 0.3) is 0 Å². The first kappa shape index (κ1) is 13.3. The van der Waals surface area contributed by atoms with Crippen LogP contribution in [0.2, 0.25) is 0 Å². The highest BCUT2D eigenvalue weighted by Crippen LogP contribution is 2.26. The van der Waals surface area contributed by atoms with Crippen LogP contribution in [-0.2, 0) is 21.8 Å². The van der Waals surface area contributed by atoms with Crippen LogP contribution in [0.5, 0.6) is 0 Å². The van der Waals surface area contributed by atoms with Gasteiger partial charge in [0.05, 0.1) is 11.5 Å². The second-order valence-corrected chi connectivity index (χ2v) is 5.09. The Morgan fingerprint density at radius 3 is 2.44 bits per heavy atom. The number of rotatable bonds is 3. The molecule has 0 N–H and O–H groups in total. The van der Waals surface area contributed by atoms with Crippen LogP contribution in [0.3, 0.4) is 0 Å². The lowest BCUT2D eigenvalue weighted by Gasteiger charge is -2.04. The van der Waals surface area contributed by atoms with Crippen LogP contribution < -0.4 is 0 Å². The van der Waals surface area contributed by atoms with Crippen molar-refractivity contribution < 1.29 is 13.7 Å². The van der Waals surface area contributed by atoms with Crippen molar-refractivity contribution in [1.82, 2.24) is 4.57 Å². The third kappa shape index (κ3) is 2.15. The fourth-order valence-corrected chi connectivity index (χ4v) is 3.07. The fourth-order valence-electron chi connectivity index (χ4n) is 1.68. The van der Waals surface area contributed by atoms with Crippen molar-refractivity contribution in [2.24, 2.45) is 7.05 Å². The number of esters is 1. The molecule has 4 nitrogen and oxygen atoms in total. The molecule has 90 valence electrons. The Morgan fingerprint density at radius 2 is 2.06 bits per heavy atom. The van der Waals surface area contributed by atoms with E-state index >= 15 is 0 Å². The van der Waals surface area contributed by atoms with Gasteiger partial charge in [0, 0.05) is 12.7 Å². The summed E-state index contributed by atoms with van der Waals surface area (Å²) < 4.78 is 17.9. The number of carbonyl (C=O) groups is 1. The maximum absolute atomic E-state index is 11.7. The zero-order valence-electron chi connectivity index (χ0n) is 9.67. The molecule has 0 radical (unpaired) electrons. The summed E-state index contributed by atoms with van der Waals surface area (Å²) in [6.45, 7) is 5.53. The summed E-state index contributed by atoms with van der Waals surface area (Å²) in [7, 11) is 5.69. The third-order valence-corrected chi connectivity index (χ3v) is 3.88. The highest BCUT2D eigenvalue weighted by atomic mass is 35.7. The summed E-state index contributed by atoms with van der Waals surface area (Å²) in [6, 6.07) is 0. The molecule has 0 bridgehead atoms. The quantitative estimate of drug-likeness (QED) is 0.620.